The molecule has 4 aromatic rings. The lowest BCUT2D eigenvalue weighted by atomic mass is 10.1. The summed E-state index contributed by atoms with van der Waals surface area (Å²) in [6.07, 6.45) is 0.577. The molecule has 0 spiro atoms. The number of aromatic nitrogens is 4. The van der Waals surface area contributed by atoms with Gasteiger partial charge in [0.15, 0.2) is 0 Å². The predicted octanol–water partition coefficient (Wildman–Crippen LogP) is 4.33. The molecule has 0 saturated heterocycles. The minimum Gasteiger partial charge on any atom is -0.275 e. The Morgan fingerprint density at radius 2 is 1.74 bits per heavy atom. The van der Waals surface area contributed by atoms with Crippen LogP contribution >= 0.6 is 35.8 Å². The number of thiol groups is 1. The van der Waals surface area contributed by atoms with E-state index in [4.69, 9.17) is 23.2 Å². The Labute approximate surface area is 170 Å². The third-order valence-electron chi connectivity index (χ3n) is 4.09. The first-order valence-electron chi connectivity index (χ1n) is 8.16. The van der Waals surface area contributed by atoms with Crippen LogP contribution in [0.1, 0.15) is 27.9 Å². The Morgan fingerprint density at radius 1 is 1.04 bits per heavy atom. The Kier molecular flexibility index (Phi) is 4.95. The zero-order valence-corrected chi connectivity index (χ0v) is 16.3. The van der Waals surface area contributed by atoms with Gasteiger partial charge in [0.05, 0.1) is 10.9 Å². The number of nitrogens with zero attached hydrogens (tertiary/aromatic N) is 3. The molecule has 0 radical (unpaired) electrons. The summed E-state index contributed by atoms with van der Waals surface area (Å²) in [4.78, 5) is 21.4. The van der Waals surface area contributed by atoms with Crippen molar-refractivity contribution in [3.8, 4) is 0 Å². The Morgan fingerprint density at radius 3 is 2.44 bits per heavy atom. The maximum Gasteiger partial charge on any atom is 0.274 e. The Balaban J connectivity index is 1.71. The van der Waals surface area contributed by atoms with E-state index in [0.717, 1.165) is 11.1 Å². The number of halogens is 2. The molecule has 1 N–H and O–H groups in total. The summed E-state index contributed by atoms with van der Waals surface area (Å²) < 4.78 is 1.33. The highest BCUT2D eigenvalue weighted by Crippen LogP contribution is 2.30. The molecular formula is C19H14Cl2N4OS. The van der Waals surface area contributed by atoms with Gasteiger partial charge in [-0.2, -0.15) is 22.1 Å². The monoisotopic (exact) mass is 416 g/mol. The van der Waals surface area contributed by atoms with E-state index in [9.17, 15) is 4.79 Å². The van der Waals surface area contributed by atoms with Crippen molar-refractivity contribution in [2.24, 2.45) is 0 Å². The number of fused-ring (bicyclic) bond motifs is 1. The lowest BCUT2D eigenvalue weighted by molar-refractivity contribution is 0.851. The molecule has 1 atom stereocenters. The molecule has 2 heterocycles. The number of H-pyrrole nitrogens is 1. The number of nitrogens with one attached hydrogen (secondary N) is 1. The van der Waals surface area contributed by atoms with Gasteiger partial charge in [0.1, 0.15) is 5.82 Å². The van der Waals surface area contributed by atoms with Gasteiger partial charge in [-0.15, -0.1) is 0 Å². The summed E-state index contributed by atoms with van der Waals surface area (Å²) >= 11 is 16.7. The highest BCUT2D eigenvalue weighted by Gasteiger charge is 2.16. The fourth-order valence-corrected chi connectivity index (χ4v) is 3.68. The molecule has 0 aliphatic carbocycles. The minimum atomic E-state index is -0.451. The summed E-state index contributed by atoms with van der Waals surface area (Å²) in [5.41, 5.74) is 2.08. The van der Waals surface area contributed by atoms with Crippen molar-refractivity contribution in [3.05, 3.63) is 97.6 Å². The largest absolute Gasteiger partial charge is 0.275 e. The van der Waals surface area contributed by atoms with Crippen LogP contribution in [0.4, 0.5) is 0 Å². The molecule has 8 heteroatoms. The summed E-state index contributed by atoms with van der Waals surface area (Å²) in [5, 5.41) is 3.55. The van der Waals surface area contributed by atoms with Crippen molar-refractivity contribution >= 4 is 41.6 Å². The predicted molar refractivity (Wildman–Crippen MR) is 110 cm³/mol. The SMILES string of the molecule is O=c1cc(C(S)c2cc(Cl)cc(Cl)c2)nc2nc(Cc3ccccc3)[nH]n12. The maximum atomic E-state index is 12.5. The van der Waals surface area contributed by atoms with Crippen LogP contribution in [0.5, 0.6) is 0 Å². The van der Waals surface area contributed by atoms with Crippen LogP contribution in [0.15, 0.2) is 59.4 Å². The van der Waals surface area contributed by atoms with E-state index in [1.54, 1.807) is 18.2 Å². The fourth-order valence-electron chi connectivity index (χ4n) is 2.85. The molecule has 4 rings (SSSR count). The molecule has 1 unspecified atom stereocenters. The van der Waals surface area contributed by atoms with E-state index in [0.29, 0.717) is 33.8 Å². The van der Waals surface area contributed by atoms with Crippen molar-refractivity contribution in [1.82, 2.24) is 19.6 Å². The second-order valence-electron chi connectivity index (χ2n) is 6.09. The van der Waals surface area contributed by atoms with Gasteiger partial charge in [-0.25, -0.2) is 4.98 Å². The van der Waals surface area contributed by atoms with Crippen molar-refractivity contribution in [1.29, 1.82) is 0 Å². The molecule has 0 fully saturated rings. The van der Waals surface area contributed by atoms with Gasteiger partial charge in [0.25, 0.3) is 11.3 Å². The van der Waals surface area contributed by atoms with Crippen LogP contribution < -0.4 is 5.56 Å². The molecule has 2 aromatic heterocycles. The minimum absolute atomic E-state index is 0.256. The zero-order valence-electron chi connectivity index (χ0n) is 13.9. The van der Waals surface area contributed by atoms with Gasteiger partial charge in [-0.1, -0.05) is 53.5 Å². The van der Waals surface area contributed by atoms with E-state index < -0.39 is 5.25 Å². The first kappa shape index (κ1) is 18.1. The Hall–Kier alpha value is -2.28. The maximum absolute atomic E-state index is 12.5. The topological polar surface area (TPSA) is 63.0 Å². The number of hydrogen-bond acceptors (Lipinski definition) is 4. The van der Waals surface area contributed by atoms with Gasteiger partial charge < -0.3 is 0 Å². The molecule has 27 heavy (non-hydrogen) atoms. The first-order chi connectivity index (χ1) is 13.0. The number of hydrogen-bond donors (Lipinski definition) is 2. The highest BCUT2D eigenvalue weighted by molar-refractivity contribution is 7.80. The van der Waals surface area contributed by atoms with Gasteiger partial charge in [-0.05, 0) is 29.3 Å². The summed E-state index contributed by atoms with van der Waals surface area (Å²) in [6.45, 7) is 0. The summed E-state index contributed by atoms with van der Waals surface area (Å²) in [6, 6.07) is 16.5. The van der Waals surface area contributed by atoms with Crippen LogP contribution in [0, 0.1) is 0 Å². The summed E-state index contributed by atoms with van der Waals surface area (Å²) in [5.74, 6) is 0.958. The smallest absolute Gasteiger partial charge is 0.274 e. The highest BCUT2D eigenvalue weighted by atomic mass is 35.5. The number of rotatable bonds is 4. The molecule has 0 aliphatic rings. The zero-order chi connectivity index (χ0) is 19.0. The molecule has 0 aliphatic heterocycles. The van der Waals surface area contributed by atoms with Crippen molar-refractivity contribution in [2.75, 3.05) is 0 Å². The van der Waals surface area contributed by atoms with Crippen LogP contribution in [0.3, 0.4) is 0 Å². The standard InChI is InChI=1S/C19H14Cl2N4OS/c20-13-7-12(8-14(21)9-13)18(27)15-10-17(26)25-19(22-15)23-16(24-25)6-11-4-2-1-3-5-11/h1-5,7-10,18,27H,6H2,(H,22,23,24). The van der Waals surface area contributed by atoms with E-state index in [2.05, 4.69) is 27.7 Å². The van der Waals surface area contributed by atoms with Crippen LogP contribution in [-0.4, -0.2) is 19.6 Å². The molecule has 0 saturated carbocycles. The first-order valence-corrected chi connectivity index (χ1v) is 9.43. The van der Waals surface area contributed by atoms with Crippen LogP contribution in [0.25, 0.3) is 5.78 Å². The summed E-state index contributed by atoms with van der Waals surface area (Å²) in [7, 11) is 0. The number of aromatic amines is 1. The van der Waals surface area contributed by atoms with E-state index in [1.165, 1.54) is 10.6 Å². The number of benzene rings is 2. The van der Waals surface area contributed by atoms with Crippen molar-refractivity contribution < 1.29 is 0 Å². The molecule has 2 aromatic carbocycles. The Bertz CT molecular complexity index is 1150. The van der Waals surface area contributed by atoms with E-state index in [1.807, 2.05) is 30.3 Å². The fraction of sp³-hybridized carbons (Fsp3) is 0.105. The van der Waals surface area contributed by atoms with E-state index >= 15 is 0 Å². The van der Waals surface area contributed by atoms with Gasteiger partial charge in [0.2, 0.25) is 0 Å². The van der Waals surface area contributed by atoms with Crippen LogP contribution in [0.2, 0.25) is 10.0 Å². The molecular weight excluding hydrogens is 403 g/mol. The lowest BCUT2D eigenvalue weighted by Crippen LogP contribution is -2.16. The third kappa shape index (κ3) is 3.88. The third-order valence-corrected chi connectivity index (χ3v) is 5.09. The molecule has 136 valence electrons. The second-order valence-corrected chi connectivity index (χ2v) is 7.48. The van der Waals surface area contributed by atoms with E-state index in [-0.39, 0.29) is 5.56 Å². The molecule has 5 nitrogen and oxygen atoms in total. The second kappa shape index (κ2) is 7.38. The average Bonchev–Trinajstić information content (AvgIpc) is 3.04. The van der Waals surface area contributed by atoms with Crippen molar-refractivity contribution in [3.63, 3.8) is 0 Å². The quantitative estimate of drug-likeness (QED) is 0.486. The lowest BCUT2D eigenvalue weighted by Gasteiger charge is -2.11. The molecule has 0 bridgehead atoms. The van der Waals surface area contributed by atoms with Crippen LogP contribution in [-0.2, 0) is 6.42 Å². The molecule has 0 amide bonds. The van der Waals surface area contributed by atoms with Gasteiger partial charge in [-0.3, -0.25) is 9.89 Å². The normalized spacial score (nSPS) is 12.4. The van der Waals surface area contributed by atoms with Gasteiger partial charge in [0, 0.05) is 22.5 Å². The average molecular weight is 417 g/mol. The van der Waals surface area contributed by atoms with Crippen molar-refractivity contribution in [2.45, 2.75) is 11.7 Å². The van der Waals surface area contributed by atoms with Gasteiger partial charge >= 0.3 is 0 Å².